The summed E-state index contributed by atoms with van der Waals surface area (Å²) in [4.78, 5) is 66.0. The SMILES string of the molecule is CCCOCCNC(=O)CCCc1ccc2c(c1)C(COC(=O)ON1C(=O)CCC1=O)c1cc(CCCC(=O)NCCOCCC)ccc1-2. The number of fused-ring (bicyclic) bond motifs is 3. The van der Waals surface area contributed by atoms with E-state index in [2.05, 4.69) is 47.0 Å². The molecule has 1 saturated heterocycles. The lowest BCUT2D eigenvalue weighted by Gasteiger charge is -2.17. The fourth-order valence-corrected chi connectivity index (χ4v) is 5.96. The molecule has 0 radical (unpaired) electrons. The van der Waals surface area contributed by atoms with Crippen LogP contribution in [0.2, 0.25) is 0 Å². The Labute approximate surface area is 288 Å². The van der Waals surface area contributed by atoms with Crippen molar-refractivity contribution in [2.24, 2.45) is 0 Å². The van der Waals surface area contributed by atoms with Gasteiger partial charge in [-0.3, -0.25) is 24.0 Å². The van der Waals surface area contributed by atoms with Crippen LogP contribution in [0.25, 0.3) is 11.1 Å². The smallest absolute Gasteiger partial charge is 0.432 e. The van der Waals surface area contributed by atoms with Crippen LogP contribution in [0.3, 0.4) is 0 Å². The third-order valence-electron chi connectivity index (χ3n) is 8.39. The van der Waals surface area contributed by atoms with Crippen LogP contribution >= 0.6 is 0 Å². The zero-order valence-electron chi connectivity index (χ0n) is 28.7. The molecule has 0 atom stereocenters. The molecular formula is C37H49N3O9. The van der Waals surface area contributed by atoms with Gasteiger partial charge in [-0.05, 0) is 71.9 Å². The molecule has 0 saturated carbocycles. The molecule has 0 aromatic heterocycles. The molecule has 49 heavy (non-hydrogen) atoms. The Balaban J connectivity index is 1.39. The number of carbonyl (C=O) groups excluding carboxylic acids is 5. The van der Waals surface area contributed by atoms with Crippen molar-refractivity contribution >= 4 is 29.8 Å². The van der Waals surface area contributed by atoms with Gasteiger partial charge < -0.3 is 24.8 Å². The van der Waals surface area contributed by atoms with Crippen LogP contribution < -0.4 is 10.6 Å². The van der Waals surface area contributed by atoms with Crippen molar-refractivity contribution in [3.8, 4) is 11.1 Å². The number of amides is 4. The highest BCUT2D eigenvalue weighted by molar-refractivity contribution is 6.01. The highest BCUT2D eigenvalue weighted by Gasteiger charge is 2.35. The maximum Gasteiger partial charge on any atom is 0.533 e. The molecule has 4 amide bonds. The van der Waals surface area contributed by atoms with E-state index >= 15 is 0 Å². The second-order valence-corrected chi connectivity index (χ2v) is 12.3. The van der Waals surface area contributed by atoms with Crippen LogP contribution in [0.4, 0.5) is 4.79 Å². The van der Waals surface area contributed by atoms with Crippen molar-refractivity contribution in [1.29, 1.82) is 0 Å². The maximum absolute atomic E-state index is 12.6. The van der Waals surface area contributed by atoms with Gasteiger partial charge >= 0.3 is 6.16 Å². The van der Waals surface area contributed by atoms with E-state index in [1.165, 1.54) is 0 Å². The molecule has 2 aromatic rings. The molecule has 0 unspecified atom stereocenters. The summed E-state index contributed by atoms with van der Waals surface area (Å²) in [6.45, 7) is 7.35. The van der Waals surface area contributed by atoms with Crippen LogP contribution in [0.15, 0.2) is 36.4 Å². The van der Waals surface area contributed by atoms with Crippen LogP contribution in [-0.4, -0.2) is 81.0 Å². The molecular weight excluding hydrogens is 630 g/mol. The van der Waals surface area contributed by atoms with Gasteiger partial charge in [-0.1, -0.05) is 55.3 Å². The fourth-order valence-electron chi connectivity index (χ4n) is 5.96. The van der Waals surface area contributed by atoms with Crippen molar-refractivity contribution in [2.45, 2.75) is 84.0 Å². The number of hydroxylamine groups is 2. The standard InChI is InChI=1S/C37H49N3O9/c1-3-19-46-21-17-38-33(41)9-5-7-26-11-13-28-29-14-12-27(8-6-10-34(42)39-18-22-47-20-4-2)24-31(29)32(30(28)23-26)25-48-37(45)49-40-35(43)15-16-36(40)44/h11-14,23-24,32H,3-10,15-22,25H2,1-2H3,(H,38,41)(H,39,42). The summed E-state index contributed by atoms with van der Waals surface area (Å²) in [6.07, 6.45) is 4.25. The molecule has 1 aliphatic heterocycles. The molecule has 1 aliphatic carbocycles. The van der Waals surface area contributed by atoms with Gasteiger partial charge in [-0.2, -0.15) is 0 Å². The van der Waals surface area contributed by atoms with Crippen LogP contribution in [0.1, 0.15) is 93.4 Å². The van der Waals surface area contributed by atoms with Gasteiger partial charge in [0.2, 0.25) is 11.8 Å². The number of carbonyl (C=O) groups is 5. The third kappa shape index (κ3) is 11.4. The Hall–Kier alpha value is -4.29. The summed E-state index contributed by atoms with van der Waals surface area (Å²) in [6, 6.07) is 12.4. The van der Waals surface area contributed by atoms with E-state index in [1.807, 2.05) is 13.8 Å². The normalized spacial score (nSPS) is 13.7. The highest BCUT2D eigenvalue weighted by Crippen LogP contribution is 2.46. The van der Waals surface area contributed by atoms with E-state index in [0.29, 0.717) is 83.1 Å². The Morgan fingerprint density at radius 2 is 1.22 bits per heavy atom. The van der Waals surface area contributed by atoms with Gasteiger partial charge in [0, 0.05) is 57.9 Å². The van der Waals surface area contributed by atoms with Crippen molar-refractivity contribution in [2.75, 3.05) is 46.1 Å². The minimum atomic E-state index is -1.12. The van der Waals surface area contributed by atoms with Crippen LogP contribution in [0, 0.1) is 0 Å². The number of hydrogen-bond donors (Lipinski definition) is 2. The topological polar surface area (TPSA) is 150 Å². The molecule has 12 heteroatoms. The Kier molecular flexibility index (Phi) is 15.0. The van der Waals surface area contributed by atoms with Crippen LogP contribution in [0.5, 0.6) is 0 Å². The first-order valence-corrected chi connectivity index (χ1v) is 17.5. The summed E-state index contributed by atoms with van der Waals surface area (Å²) < 4.78 is 16.3. The van der Waals surface area contributed by atoms with Gasteiger partial charge in [0.25, 0.3) is 11.8 Å². The molecule has 2 aromatic carbocycles. The molecule has 1 heterocycles. The second kappa shape index (κ2) is 19.6. The lowest BCUT2D eigenvalue weighted by Crippen LogP contribution is -2.32. The first-order chi connectivity index (χ1) is 23.8. The minimum absolute atomic E-state index is 0.00882. The van der Waals surface area contributed by atoms with E-state index < -0.39 is 18.0 Å². The first-order valence-electron chi connectivity index (χ1n) is 17.5. The molecule has 0 spiro atoms. The van der Waals surface area contributed by atoms with Crippen molar-refractivity contribution in [1.82, 2.24) is 15.7 Å². The number of ether oxygens (including phenoxy) is 3. The number of aryl methyl sites for hydroxylation is 2. The summed E-state index contributed by atoms with van der Waals surface area (Å²) in [5.74, 6) is -1.51. The summed E-state index contributed by atoms with van der Waals surface area (Å²) in [7, 11) is 0. The Bertz CT molecular complexity index is 1360. The average molecular weight is 680 g/mol. The number of nitrogens with zero attached hydrogens (tertiary/aromatic N) is 1. The summed E-state index contributed by atoms with van der Waals surface area (Å²) in [5, 5.41) is 6.25. The Morgan fingerprint density at radius 3 is 1.69 bits per heavy atom. The van der Waals surface area contributed by atoms with E-state index in [-0.39, 0.29) is 37.2 Å². The number of hydrogen-bond acceptors (Lipinski definition) is 9. The van der Waals surface area contributed by atoms with Crippen LogP contribution in [-0.2, 0) is 51.1 Å². The molecule has 2 N–H and O–H groups in total. The van der Waals surface area contributed by atoms with Gasteiger partial charge in [-0.25, -0.2) is 4.79 Å². The van der Waals surface area contributed by atoms with E-state index in [0.717, 1.165) is 46.2 Å². The molecule has 2 aliphatic rings. The highest BCUT2D eigenvalue weighted by atomic mass is 16.8. The van der Waals surface area contributed by atoms with Gasteiger partial charge in [0.05, 0.1) is 13.2 Å². The van der Waals surface area contributed by atoms with Crippen molar-refractivity contribution in [3.63, 3.8) is 0 Å². The monoisotopic (exact) mass is 679 g/mol. The zero-order valence-corrected chi connectivity index (χ0v) is 28.7. The van der Waals surface area contributed by atoms with Crippen molar-refractivity contribution in [3.05, 3.63) is 58.7 Å². The minimum Gasteiger partial charge on any atom is -0.432 e. The lowest BCUT2D eigenvalue weighted by molar-refractivity contribution is -0.177. The van der Waals surface area contributed by atoms with Crippen molar-refractivity contribution < 1.29 is 43.0 Å². The third-order valence-corrected chi connectivity index (χ3v) is 8.39. The predicted molar refractivity (Wildman–Crippen MR) is 181 cm³/mol. The quantitative estimate of drug-likeness (QED) is 0.108. The number of imide groups is 1. The molecule has 266 valence electrons. The lowest BCUT2D eigenvalue weighted by atomic mass is 9.94. The van der Waals surface area contributed by atoms with E-state index in [4.69, 9.17) is 19.0 Å². The molecule has 12 nitrogen and oxygen atoms in total. The summed E-state index contributed by atoms with van der Waals surface area (Å²) >= 11 is 0. The number of rotatable bonds is 21. The molecule has 4 rings (SSSR count). The van der Waals surface area contributed by atoms with E-state index in [1.54, 1.807) is 0 Å². The van der Waals surface area contributed by atoms with Gasteiger partial charge in [-0.15, -0.1) is 0 Å². The fraction of sp³-hybridized carbons (Fsp3) is 0.541. The Morgan fingerprint density at radius 1 is 0.735 bits per heavy atom. The van der Waals surface area contributed by atoms with E-state index in [9.17, 15) is 24.0 Å². The maximum atomic E-state index is 12.6. The number of nitrogens with one attached hydrogen (secondary N) is 2. The number of benzene rings is 2. The molecule has 0 bridgehead atoms. The molecule has 1 fully saturated rings. The van der Waals surface area contributed by atoms with Gasteiger partial charge in [0.1, 0.15) is 6.61 Å². The largest absolute Gasteiger partial charge is 0.533 e. The average Bonchev–Trinajstić information content (AvgIpc) is 3.57. The second-order valence-electron chi connectivity index (χ2n) is 12.3. The van der Waals surface area contributed by atoms with Gasteiger partial charge in [0.15, 0.2) is 0 Å². The summed E-state index contributed by atoms with van der Waals surface area (Å²) in [5.41, 5.74) is 6.11. The zero-order chi connectivity index (χ0) is 35.0. The predicted octanol–water partition coefficient (Wildman–Crippen LogP) is 4.75. The first kappa shape index (κ1) is 37.5.